The highest BCUT2D eigenvalue weighted by molar-refractivity contribution is 6.29. The molecular weight excluding hydrogens is 296 g/mol. The Morgan fingerprint density at radius 2 is 2.14 bits per heavy atom. The summed E-state index contributed by atoms with van der Waals surface area (Å²) in [5, 5.41) is 20.6. The fraction of sp³-hybridized carbons (Fsp3) is 0.231. The number of rotatable bonds is 6. The Bertz CT molecular complexity index is 621. The molecule has 110 valence electrons. The van der Waals surface area contributed by atoms with Gasteiger partial charge in [0.05, 0.1) is 11.5 Å². The molecule has 0 atom stereocenters. The second-order valence-electron chi connectivity index (χ2n) is 4.24. The molecule has 1 N–H and O–H groups in total. The molecule has 0 saturated heterocycles. The second-order valence-corrected chi connectivity index (χ2v) is 4.62. The minimum atomic E-state index is -0.493. The van der Waals surface area contributed by atoms with Crippen molar-refractivity contribution in [2.45, 2.75) is 6.54 Å². The average molecular weight is 309 g/mol. The maximum absolute atomic E-state index is 11.1. The van der Waals surface area contributed by atoms with Gasteiger partial charge in [-0.15, -0.1) is 0 Å². The van der Waals surface area contributed by atoms with Gasteiger partial charge in [0.2, 0.25) is 5.82 Å². The van der Waals surface area contributed by atoms with Gasteiger partial charge in [-0.2, -0.15) is 0 Å². The van der Waals surface area contributed by atoms with E-state index in [1.165, 1.54) is 18.3 Å². The van der Waals surface area contributed by atoms with Crippen molar-refractivity contribution in [3.8, 4) is 0 Å². The maximum Gasteiger partial charge on any atom is 0.311 e. The minimum Gasteiger partial charge on any atom is -0.395 e. The predicted octanol–water partition coefficient (Wildman–Crippen LogP) is 2.04. The molecule has 2 aromatic heterocycles. The van der Waals surface area contributed by atoms with E-state index in [1.807, 2.05) is 0 Å². The lowest BCUT2D eigenvalue weighted by Gasteiger charge is -2.22. The summed E-state index contributed by atoms with van der Waals surface area (Å²) in [6.07, 6.45) is 3.06. The van der Waals surface area contributed by atoms with Gasteiger partial charge in [0.15, 0.2) is 0 Å². The van der Waals surface area contributed by atoms with Gasteiger partial charge in [0, 0.05) is 31.5 Å². The molecule has 0 aromatic carbocycles. The summed E-state index contributed by atoms with van der Waals surface area (Å²) in [5.41, 5.74) is 0.709. The Balaban J connectivity index is 2.30. The molecule has 0 bridgehead atoms. The summed E-state index contributed by atoms with van der Waals surface area (Å²) < 4.78 is 0. The minimum absolute atomic E-state index is 0.104. The first-order chi connectivity index (χ1) is 10.1. The molecule has 2 rings (SSSR count). The molecule has 0 amide bonds. The van der Waals surface area contributed by atoms with E-state index in [1.54, 1.807) is 23.2 Å². The van der Waals surface area contributed by atoms with Crippen LogP contribution in [0.5, 0.6) is 0 Å². The van der Waals surface area contributed by atoms with Gasteiger partial charge in [0.25, 0.3) is 0 Å². The Hall–Kier alpha value is -2.25. The van der Waals surface area contributed by atoms with Crippen LogP contribution in [-0.4, -0.2) is 33.1 Å². The predicted molar refractivity (Wildman–Crippen MR) is 78.3 cm³/mol. The van der Waals surface area contributed by atoms with Crippen LogP contribution in [0, 0.1) is 10.1 Å². The van der Waals surface area contributed by atoms with Crippen LogP contribution < -0.4 is 4.90 Å². The van der Waals surface area contributed by atoms with Crippen molar-refractivity contribution in [3.63, 3.8) is 0 Å². The maximum atomic E-state index is 11.1. The van der Waals surface area contributed by atoms with Gasteiger partial charge < -0.3 is 10.0 Å². The van der Waals surface area contributed by atoms with Crippen LogP contribution in [0.2, 0.25) is 5.15 Å². The molecule has 0 aliphatic rings. The summed E-state index contributed by atoms with van der Waals surface area (Å²) in [7, 11) is 0. The molecule has 0 saturated carbocycles. The van der Waals surface area contributed by atoms with E-state index in [0.29, 0.717) is 11.7 Å². The highest BCUT2D eigenvalue weighted by Crippen LogP contribution is 2.26. The third-order valence-electron chi connectivity index (χ3n) is 2.79. The van der Waals surface area contributed by atoms with Crippen molar-refractivity contribution < 1.29 is 10.0 Å². The van der Waals surface area contributed by atoms with Gasteiger partial charge in [-0.25, -0.2) is 9.97 Å². The van der Waals surface area contributed by atoms with Crippen molar-refractivity contribution in [2.75, 3.05) is 18.1 Å². The summed E-state index contributed by atoms with van der Waals surface area (Å²) in [5.74, 6) is 0.214. The molecule has 0 aliphatic heterocycles. The number of aliphatic hydroxyl groups is 1. The van der Waals surface area contributed by atoms with E-state index < -0.39 is 4.92 Å². The van der Waals surface area contributed by atoms with Crippen molar-refractivity contribution in [3.05, 3.63) is 57.5 Å². The first-order valence-corrected chi connectivity index (χ1v) is 6.55. The van der Waals surface area contributed by atoms with Crippen molar-refractivity contribution >= 4 is 23.1 Å². The van der Waals surface area contributed by atoms with Gasteiger partial charge in [-0.3, -0.25) is 10.1 Å². The molecule has 2 aromatic rings. The highest BCUT2D eigenvalue weighted by atomic mass is 35.5. The monoisotopic (exact) mass is 308 g/mol. The van der Waals surface area contributed by atoms with Crippen LogP contribution in [0.3, 0.4) is 0 Å². The third-order valence-corrected chi connectivity index (χ3v) is 3.02. The molecule has 21 heavy (non-hydrogen) atoms. The number of hydrogen-bond donors (Lipinski definition) is 1. The van der Waals surface area contributed by atoms with Crippen LogP contribution in [0.15, 0.2) is 36.7 Å². The number of nitro groups is 1. The average Bonchev–Trinajstić information content (AvgIpc) is 2.49. The van der Waals surface area contributed by atoms with Crippen LogP contribution in [-0.2, 0) is 6.54 Å². The molecule has 0 radical (unpaired) electrons. The van der Waals surface area contributed by atoms with Gasteiger partial charge >= 0.3 is 5.69 Å². The SMILES string of the molecule is O=[N+]([O-])c1cccnc1N(CCO)Cc1ccc(Cl)nc1. The second kappa shape index (κ2) is 6.96. The molecular formula is C13H13ClN4O3. The number of aromatic nitrogens is 2. The number of aliphatic hydroxyl groups excluding tert-OH is 1. The van der Waals surface area contributed by atoms with Crippen LogP contribution in [0.4, 0.5) is 11.5 Å². The Morgan fingerprint density at radius 1 is 1.33 bits per heavy atom. The molecule has 0 unspecified atom stereocenters. The Kier molecular flexibility index (Phi) is 5.02. The van der Waals surface area contributed by atoms with E-state index in [2.05, 4.69) is 9.97 Å². The van der Waals surface area contributed by atoms with Crippen molar-refractivity contribution in [2.24, 2.45) is 0 Å². The Labute approximate surface area is 126 Å². The molecule has 0 aliphatic carbocycles. The normalized spacial score (nSPS) is 10.4. The van der Waals surface area contributed by atoms with Crippen LogP contribution in [0.25, 0.3) is 0 Å². The van der Waals surface area contributed by atoms with E-state index >= 15 is 0 Å². The fourth-order valence-electron chi connectivity index (χ4n) is 1.88. The Morgan fingerprint density at radius 3 is 2.76 bits per heavy atom. The zero-order valence-corrected chi connectivity index (χ0v) is 11.8. The lowest BCUT2D eigenvalue weighted by atomic mass is 10.2. The number of halogens is 1. The van der Waals surface area contributed by atoms with Crippen LogP contribution in [0.1, 0.15) is 5.56 Å². The van der Waals surface area contributed by atoms with Crippen molar-refractivity contribution in [1.82, 2.24) is 9.97 Å². The fourth-order valence-corrected chi connectivity index (χ4v) is 1.99. The lowest BCUT2D eigenvalue weighted by molar-refractivity contribution is -0.384. The molecule has 0 spiro atoms. The van der Waals surface area contributed by atoms with E-state index in [9.17, 15) is 15.2 Å². The van der Waals surface area contributed by atoms with Gasteiger partial charge in [-0.05, 0) is 17.7 Å². The largest absolute Gasteiger partial charge is 0.395 e. The summed E-state index contributed by atoms with van der Waals surface area (Å²) in [4.78, 5) is 20.2. The first-order valence-electron chi connectivity index (χ1n) is 6.17. The number of nitrogens with zero attached hydrogens (tertiary/aromatic N) is 4. The quantitative estimate of drug-likeness (QED) is 0.499. The highest BCUT2D eigenvalue weighted by Gasteiger charge is 2.20. The van der Waals surface area contributed by atoms with Gasteiger partial charge in [0.1, 0.15) is 5.15 Å². The molecule has 8 heteroatoms. The number of hydrogen-bond acceptors (Lipinski definition) is 6. The summed E-state index contributed by atoms with van der Waals surface area (Å²) in [6.45, 7) is 0.414. The molecule has 0 fully saturated rings. The zero-order valence-electron chi connectivity index (χ0n) is 11.0. The van der Waals surface area contributed by atoms with E-state index in [4.69, 9.17) is 11.6 Å². The number of pyridine rings is 2. The summed E-state index contributed by atoms with van der Waals surface area (Å²) in [6, 6.07) is 6.30. The summed E-state index contributed by atoms with van der Waals surface area (Å²) >= 11 is 5.73. The number of anilines is 1. The van der Waals surface area contributed by atoms with E-state index in [0.717, 1.165) is 5.56 Å². The lowest BCUT2D eigenvalue weighted by Crippen LogP contribution is -2.27. The zero-order chi connectivity index (χ0) is 15.2. The molecule has 7 nitrogen and oxygen atoms in total. The van der Waals surface area contributed by atoms with E-state index in [-0.39, 0.29) is 24.7 Å². The van der Waals surface area contributed by atoms with Crippen LogP contribution >= 0.6 is 11.6 Å². The van der Waals surface area contributed by atoms with Crippen molar-refractivity contribution in [1.29, 1.82) is 0 Å². The standard InChI is InChI=1S/C13H13ClN4O3/c14-12-4-3-10(8-16-12)9-17(6-7-19)13-11(18(20)21)2-1-5-15-13/h1-5,8,19H,6-7,9H2. The van der Waals surface area contributed by atoms with Gasteiger partial charge in [-0.1, -0.05) is 17.7 Å². The molecule has 2 heterocycles. The smallest absolute Gasteiger partial charge is 0.311 e. The first kappa shape index (κ1) is 15.1. The topological polar surface area (TPSA) is 92.4 Å². The third kappa shape index (κ3) is 3.87.